The van der Waals surface area contributed by atoms with Crippen LogP contribution in [0.3, 0.4) is 0 Å². The Hall–Kier alpha value is -1.95. The molecule has 100 valence electrons. The molecule has 2 aromatic heterocycles. The number of methoxy groups -OCH3 is 1. The van der Waals surface area contributed by atoms with Gasteiger partial charge in [-0.15, -0.1) is 11.3 Å². The molecule has 0 aliphatic carbocycles. The summed E-state index contributed by atoms with van der Waals surface area (Å²) in [4.78, 5) is 21.2. The van der Waals surface area contributed by atoms with Gasteiger partial charge in [0.2, 0.25) is 0 Å². The molecule has 0 spiro atoms. The maximum atomic E-state index is 11.4. The van der Waals surface area contributed by atoms with Gasteiger partial charge < -0.3 is 10.1 Å². The van der Waals surface area contributed by atoms with Crippen LogP contribution in [0.2, 0.25) is 0 Å². The van der Waals surface area contributed by atoms with Gasteiger partial charge in [0.05, 0.1) is 24.9 Å². The number of carbonyl (C=O) groups is 1. The topological polar surface area (TPSA) is 64.1 Å². The van der Waals surface area contributed by atoms with Gasteiger partial charge in [0.1, 0.15) is 10.8 Å². The van der Waals surface area contributed by atoms with Crippen LogP contribution in [0.5, 0.6) is 0 Å². The molecule has 1 N–H and O–H groups in total. The first-order valence-electron chi connectivity index (χ1n) is 5.81. The average Bonchev–Trinajstić information content (AvgIpc) is 2.81. The van der Waals surface area contributed by atoms with Crippen LogP contribution in [0.25, 0.3) is 0 Å². The van der Waals surface area contributed by atoms with Crippen molar-refractivity contribution in [1.29, 1.82) is 0 Å². The predicted octanol–water partition coefficient (Wildman–Crippen LogP) is 2.55. The Kier molecular flexibility index (Phi) is 4.11. The van der Waals surface area contributed by atoms with E-state index in [0.29, 0.717) is 17.8 Å². The molecule has 0 radical (unpaired) electrons. The molecule has 2 aromatic rings. The summed E-state index contributed by atoms with van der Waals surface area (Å²) in [5.74, 6) is 0.352. The Morgan fingerprint density at radius 3 is 2.79 bits per heavy atom. The third kappa shape index (κ3) is 3.29. The number of thiazole rings is 1. The molecule has 0 aliphatic heterocycles. The van der Waals surface area contributed by atoms with Crippen molar-refractivity contribution in [3.63, 3.8) is 0 Å². The number of aryl methyl sites for hydroxylation is 2. The number of esters is 1. The molecule has 2 heterocycles. The lowest BCUT2D eigenvalue weighted by atomic mass is 10.2. The molecular formula is C13H15N3O2S. The summed E-state index contributed by atoms with van der Waals surface area (Å²) in [5, 5.41) is 4.19. The van der Waals surface area contributed by atoms with Crippen LogP contribution in [-0.4, -0.2) is 23.0 Å². The number of aromatic nitrogens is 2. The lowest BCUT2D eigenvalue weighted by molar-refractivity contribution is 0.0599. The molecule has 0 unspecified atom stereocenters. The van der Waals surface area contributed by atoms with Gasteiger partial charge in [-0.1, -0.05) is 0 Å². The second kappa shape index (κ2) is 5.79. The van der Waals surface area contributed by atoms with Crippen molar-refractivity contribution in [3.05, 3.63) is 39.5 Å². The van der Waals surface area contributed by atoms with Crippen LogP contribution in [-0.2, 0) is 11.3 Å². The smallest absolute Gasteiger partial charge is 0.339 e. The SMILES string of the molecule is COC(=O)c1ccc(NCc2ncc(C)s2)nc1C. The predicted molar refractivity (Wildman–Crippen MR) is 74.5 cm³/mol. The second-order valence-electron chi connectivity index (χ2n) is 4.04. The maximum Gasteiger partial charge on any atom is 0.339 e. The molecule has 0 bridgehead atoms. The third-order valence-electron chi connectivity index (χ3n) is 2.58. The van der Waals surface area contributed by atoms with Crippen molar-refractivity contribution in [3.8, 4) is 0 Å². The zero-order valence-corrected chi connectivity index (χ0v) is 11.9. The van der Waals surface area contributed by atoms with Gasteiger partial charge in [-0.25, -0.2) is 14.8 Å². The summed E-state index contributed by atoms with van der Waals surface area (Å²) >= 11 is 1.65. The van der Waals surface area contributed by atoms with Crippen molar-refractivity contribution in [2.75, 3.05) is 12.4 Å². The lowest BCUT2D eigenvalue weighted by Crippen LogP contribution is -2.07. The van der Waals surface area contributed by atoms with Crippen LogP contribution in [0.15, 0.2) is 18.3 Å². The van der Waals surface area contributed by atoms with Crippen molar-refractivity contribution in [2.45, 2.75) is 20.4 Å². The van der Waals surface area contributed by atoms with E-state index in [4.69, 9.17) is 0 Å². The molecule has 0 saturated heterocycles. The fourth-order valence-electron chi connectivity index (χ4n) is 1.63. The minimum absolute atomic E-state index is 0.368. The van der Waals surface area contributed by atoms with Crippen molar-refractivity contribution < 1.29 is 9.53 Å². The summed E-state index contributed by atoms with van der Waals surface area (Å²) in [7, 11) is 1.36. The summed E-state index contributed by atoms with van der Waals surface area (Å²) in [6, 6.07) is 3.48. The maximum absolute atomic E-state index is 11.4. The number of carbonyl (C=O) groups excluding carboxylic acids is 1. The number of pyridine rings is 1. The van der Waals surface area contributed by atoms with Gasteiger partial charge in [-0.2, -0.15) is 0 Å². The molecule has 0 amide bonds. The molecule has 2 rings (SSSR count). The van der Waals surface area contributed by atoms with Crippen LogP contribution in [0, 0.1) is 13.8 Å². The molecule has 5 nitrogen and oxygen atoms in total. The molecule has 19 heavy (non-hydrogen) atoms. The molecule has 0 saturated carbocycles. The highest BCUT2D eigenvalue weighted by molar-refractivity contribution is 7.11. The van der Waals surface area contributed by atoms with E-state index in [1.165, 1.54) is 12.0 Å². The summed E-state index contributed by atoms with van der Waals surface area (Å²) in [6.45, 7) is 4.43. The molecular weight excluding hydrogens is 262 g/mol. The van der Waals surface area contributed by atoms with Crippen LogP contribution in [0.4, 0.5) is 5.82 Å². The normalized spacial score (nSPS) is 10.3. The van der Waals surface area contributed by atoms with Gasteiger partial charge in [0.25, 0.3) is 0 Å². The zero-order chi connectivity index (χ0) is 13.8. The number of nitrogens with zero attached hydrogens (tertiary/aromatic N) is 2. The monoisotopic (exact) mass is 277 g/mol. The van der Waals surface area contributed by atoms with Crippen molar-refractivity contribution in [2.24, 2.45) is 0 Å². The molecule has 0 aromatic carbocycles. The molecule has 0 aliphatic rings. The number of hydrogen-bond donors (Lipinski definition) is 1. The molecule has 6 heteroatoms. The van der Waals surface area contributed by atoms with Gasteiger partial charge in [-0.05, 0) is 26.0 Å². The number of hydrogen-bond acceptors (Lipinski definition) is 6. The third-order valence-corrected chi connectivity index (χ3v) is 3.49. The standard InChI is InChI=1S/C13H15N3O2S/c1-8-6-15-12(19-8)7-14-11-5-4-10(9(2)16-11)13(17)18-3/h4-6H,7H2,1-3H3,(H,14,16). The fourth-order valence-corrected chi connectivity index (χ4v) is 2.36. The van der Waals surface area contributed by atoms with Gasteiger partial charge in [0.15, 0.2) is 0 Å². The Bertz CT molecular complexity index is 595. The van der Waals surface area contributed by atoms with Gasteiger partial charge in [-0.3, -0.25) is 0 Å². The minimum Gasteiger partial charge on any atom is -0.465 e. The first-order valence-corrected chi connectivity index (χ1v) is 6.63. The van der Waals surface area contributed by atoms with Gasteiger partial charge >= 0.3 is 5.97 Å². The number of anilines is 1. The Morgan fingerprint density at radius 1 is 1.42 bits per heavy atom. The quantitative estimate of drug-likeness (QED) is 0.870. The number of rotatable bonds is 4. The highest BCUT2D eigenvalue weighted by Gasteiger charge is 2.10. The van der Waals surface area contributed by atoms with E-state index >= 15 is 0 Å². The first kappa shape index (κ1) is 13.5. The van der Waals surface area contributed by atoms with Crippen LogP contribution < -0.4 is 5.32 Å². The van der Waals surface area contributed by atoms with Crippen LogP contribution in [0.1, 0.15) is 25.9 Å². The van der Waals surface area contributed by atoms with Crippen molar-refractivity contribution >= 4 is 23.1 Å². The highest BCUT2D eigenvalue weighted by atomic mass is 32.1. The second-order valence-corrected chi connectivity index (χ2v) is 5.36. The van der Waals surface area contributed by atoms with Crippen LogP contribution >= 0.6 is 11.3 Å². The average molecular weight is 277 g/mol. The lowest BCUT2D eigenvalue weighted by Gasteiger charge is -2.07. The van der Waals surface area contributed by atoms with E-state index in [-0.39, 0.29) is 5.97 Å². The number of nitrogens with one attached hydrogen (secondary N) is 1. The van der Waals surface area contributed by atoms with E-state index in [9.17, 15) is 4.79 Å². The highest BCUT2D eigenvalue weighted by Crippen LogP contribution is 2.15. The fraction of sp³-hybridized carbons (Fsp3) is 0.308. The summed E-state index contributed by atoms with van der Waals surface area (Å²) in [6.07, 6.45) is 1.85. The molecule has 0 atom stereocenters. The number of ether oxygens (including phenoxy) is 1. The van der Waals surface area contributed by atoms with E-state index < -0.39 is 0 Å². The van der Waals surface area contributed by atoms with Crippen molar-refractivity contribution in [1.82, 2.24) is 9.97 Å². The Morgan fingerprint density at radius 2 is 2.21 bits per heavy atom. The van der Waals surface area contributed by atoms with E-state index in [1.54, 1.807) is 30.4 Å². The van der Waals surface area contributed by atoms with E-state index in [2.05, 4.69) is 20.0 Å². The first-order chi connectivity index (χ1) is 9.10. The minimum atomic E-state index is -0.368. The zero-order valence-electron chi connectivity index (χ0n) is 11.1. The van der Waals surface area contributed by atoms with Gasteiger partial charge in [0, 0.05) is 11.1 Å². The summed E-state index contributed by atoms with van der Waals surface area (Å²) < 4.78 is 4.68. The van der Waals surface area contributed by atoms with E-state index in [0.717, 1.165) is 10.8 Å². The molecule has 0 fully saturated rings. The van der Waals surface area contributed by atoms with E-state index in [1.807, 2.05) is 13.1 Å². The summed E-state index contributed by atoms with van der Waals surface area (Å²) in [5.41, 5.74) is 1.13. The largest absolute Gasteiger partial charge is 0.465 e. The Balaban J connectivity index is 2.06. The Labute approximate surface area is 115 Å².